The number of rotatable bonds is 4. The number of anilines is 3. The van der Waals surface area contributed by atoms with Crippen molar-refractivity contribution in [2.45, 2.75) is 6.92 Å². The molecular weight excluding hydrogens is 356 g/mol. The van der Waals surface area contributed by atoms with Gasteiger partial charge in [0, 0.05) is 37.6 Å². The number of pyridine rings is 1. The van der Waals surface area contributed by atoms with Crippen LogP contribution in [0.3, 0.4) is 0 Å². The predicted molar refractivity (Wildman–Crippen MR) is 101 cm³/mol. The summed E-state index contributed by atoms with van der Waals surface area (Å²) in [4.78, 5) is 29.9. The zero-order valence-corrected chi connectivity index (χ0v) is 15.0. The minimum Gasteiger partial charge on any atom is -0.378 e. The highest BCUT2D eigenvalue weighted by Gasteiger charge is 2.15. The fourth-order valence-electron chi connectivity index (χ4n) is 2.64. The molecule has 0 saturated carbocycles. The topological polar surface area (TPSA) is 83.6 Å². The molecule has 2 aromatic rings. The number of aromatic nitrogens is 1. The van der Waals surface area contributed by atoms with Gasteiger partial charge in [-0.3, -0.25) is 14.6 Å². The van der Waals surface area contributed by atoms with E-state index in [9.17, 15) is 9.59 Å². The van der Waals surface area contributed by atoms with Crippen molar-refractivity contribution in [3.8, 4) is 0 Å². The Morgan fingerprint density at radius 3 is 2.62 bits per heavy atom. The van der Waals surface area contributed by atoms with Gasteiger partial charge >= 0.3 is 0 Å². The predicted octanol–water partition coefficient (Wildman–Crippen LogP) is 2.78. The number of nitrogens with zero attached hydrogens (tertiary/aromatic N) is 2. The molecule has 2 N–H and O–H groups in total. The van der Waals surface area contributed by atoms with Crippen molar-refractivity contribution in [1.29, 1.82) is 0 Å². The molecule has 1 saturated heterocycles. The fraction of sp³-hybridized carbons (Fsp3) is 0.278. The van der Waals surface area contributed by atoms with Gasteiger partial charge in [-0.15, -0.1) is 0 Å². The van der Waals surface area contributed by atoms with Gasteiger partial charge in [-0.25, -0.2) is 0 Å². The summed E-state index contributed by atoms with van der Waals surface area (Å²) in [6, 6.07) is 8.52. The molecule has 3 rings (SSSR count). The van der Waals surface area contributed by atoms with E-state index in [1.807, 2.05) is 6.07 Å². The number of carbonyl (C=O) groups excluding carboxylic acids is 2. The number of amides is 2. The molecule has 0 spiro atoms. The van der Waals surface area contributed by atoms with Crippen LogP contribution in [0.4, 0.5) is 17.1 Å². The Morgan fingerprint density at radius 1 is 1.15 bits per heavy atom. The molecule has 1 aromatic carbocycles. The molecule has 1 aliphatic rings. The van der Waals surface area contributed by atoms with E-state index in [2.05, 4.69) is 20.5 Å². The van der Waals surface area contributed by atoms with Gasteiger partial charge < -0.3 is 20.3 Å². The second-order valence-corrected chi connectivity index (χ2v) is 6.24. The molecule has 2 amide bonds. The van der Waals surface area contributed by atoms with E-state index in [0.29, 0.717) is 35.3 Å². The van der Waals surface area contributed by atoms with E-state index >= 15 is 0 Å². The van der Waals surface area contributed by atoms with Crippen LogP contribution in [0.2, 0.25) is 5.02 Å². The number of halogens is 1. The summed E-state index contributed by atoms with van der Waals surface area (Å²) in [7, 11) is 0. The van der Waals surface area contributed by atoms with Crippen LogP contribution < -0.4 is 15.5 Å². The van der Waals surface area contributed by atoms with Crippen molar-refractivity contribution < 1.29 is 14.3 Å². The maximum Gasteiger partial charge on any atom is 0.274 e. The van der Waals surface area contributed by atoms with E-state index in [0.717, 1.165) is 18.8 Å². The first-order valence-corrected chi connectivity index (χ1v) is 8.58. The van der Waals surface area contributed by atoms with E-state index in [1.54, 1.807) is 30.5 Å². The van der Waals surface area contributed by atoms with Crippen LogP contribution in [-0.4, -0.2) is 43.1 Å². The van der Waals surface area contributed by atoms with Crippen molar-refractivity contribution in [2.24, 2.45) is 0 Å². The Hall–Kier alpha value is -2.64. The third-order valence-electron chi connectivity index (χ3n) is 3.89. The largest absolute Gasteiger partial charge is 0.378 e. The van der Waals surface area contributed by atoms with Crippen LogP contribution in [0, 0.1) is 0 Å². The molecule has 8 heteroatoms. The van der Waals surface area contributed by atoms with Gasteiger partial charge in [-0.2, -0.15) is 0 Å². The number of hydrogen-bond donors (Lipinski definition) is 2. The molecule has 2 heterocycles. The van der Waals surface area contributed by atoms with Gasteiger partial charge in [-0.05, 0) is 30.3 Å². The Labute approximate surface area is 156 Å². The molecule has 0 aliphatic carbocycles. The van der Waals surface area contributed by atoms with Crippen LogP contribution in [-0.2, 0) is 9.53 Å². The lowest BCUT2D eigenvalue weighted by molar-refractivity contribution is -0.114. The normalized spacial score (nSPS) is 14.0. The molecule has 0 radical (unpaired) electrons. The summed E-state index contributed by atoms with van der Waals surface area (Å²) in [5, 5.41) is 5.73. The van der Waals surface area contributed by atoms with Gasteiger partial charge in [0.2, 0.25) is 5.91 Å². The van der Waals surface area contributed by atoms with Crippen LogP contribution in [0.5, 0.6) is 0 Å². The minimum absolute atomic E-state index is 0.215. The van der Waals surface area contributed by atoms with E-state index in [1.165, 1.54) is 6.92 Å². The highest BCUT2D eigenvalue weighted by atomic mass is 35.5. The Bertz CT molecular complexity index is 822. The molecule has 0 bridgehead atoms. The molecule has 26 heavy (non-hydrogen) atoms. The third kappa shape index (κ3) is 4.50. The number of ether oxygens (including phenoxy) is 1. The first kappa shape index (κ1) is 18.2. The molecule has 1 aromatic heterocycles. The van der Waals surface area contributed by atoms with Crippen molar-refractivity contribution in [2.75, 3.05) is 41.8 Å². The van der Waals surface area contributed by atoms with Gasteiger partial charge in [0.1, 0.15) is 5.69 Å². The summed E-state index contributed by atoms with van der Waals surface area (Å²) in [6.07, 6.45) is 1.62. The van der Waals surface area contributed by atoms with Crippen LogP contribution in [0.25, 0.3) is 0 Å². The zero-order chi connectivity index (χ0) is 18.5. The van der Waals surface area contributed by atoms with Crippen molar-refractivity contribution >= 4 is 40.5 Å². The molecule has 136 valence electrons. The maximum atomic E-state index is 12.5. The average molecular weight is 375 g/mol. The molecular formula is C18H19ClN4O3. The molecule has 1 aliphatic heterocycles. The number of hydrogen-bond acceptors (Lipinski definition) is 5. The third-order valence-corrected chi connectivity index (χ3v) is 4.20. The quantitative estimate of drug-likeness (QED) is 0.859. The van der Waals surface area contributed by atoms with Gasteiger partial charge in [0.25, 0.3) is 5.91 Å². The number of benzene rings is 1. The lowest BCUT2D eigenvalue weighted by Crippen LogP contribution is -2.36. The maximum absolute atomic E-state index is 12.5. The Kier molecular flexibility index (Phi) is 5.70. The van der Waals surface area contributed by atoms with E-state index in [-0.39, 0.29) is 11.8 Å². The van der Waals surface area contributed by atoms with Crippen LogP contribution in [0.1, 0.15) is 17.4 Å². The second-order valence-electron chi connectivity index (χ2n) is 5.83. The smallest absolute Gasteiger partial charge is 0.274 e. The summed E-state index contributed by atoms with van der Waals surface area (Å²) < 4.78 is 5.35. The monoisotopic (exact) mass is 374 g/mol. The summed E-state index contributed by atoms with van der Waals surface area (Å²) in [6.45, 7) is 4.31. The Morgan fingerprint density at radius 2 is 1.92 bits per heavy atom. The van der Waals surface area contributed by atoms with Crippen molar-refractivity contribution in [3.63, 3.8) is 0 Å². The minimum atomic E-state index is -0.330. The van der Waals surface area contributed by atoms with Crippen molar-refractivity contribution in [1.82, 2.24) is 4.98 Å². The van der Waals surface area contributed by atoms with Gasteiger partial charge in [0.05, 0.1) is 23.9 Å². The number of nitrogens with one attached hydrogen (secondary N) is 2. The highest BCUT2D eigenvalue weighted by molar-refractivity contribution is 6.34. The molecule has 0 atom stereocenters. The van der Waals surface area contributed by atoms with E-state index < -0.39 is 0 Å². The fourth-order valence-corrected chi connectivity index (χ4v) is 2.87. The van der Waals surface area contributed by atoms with Crippen LogP contribution in [0.15, 0.2) is 36.5 Å². The average Bonchev–Trinajstić information content (AvgIpc) is 2.64. The van der Waals surface area contributed by atoms with Crippen molar-refractivity contribution in [3.05, 3.63) is 47.2 Å². The molecule has 1 fully saturated rings. The molecule has 0 unspecified atom stereocenters. The first-order valence-electron chi connectivity index (χ1n) is 8.20. The van der Waals surface area contributed by atoms with Gasteiger partial charge in [0.15, 0.2) is 0 Å². The van der Waals surface area contributed by atoms with Crippen LogP contribution >= 0.6 is 11.6 Å². The summed E-state index contributed by atoms with van der Waals surface area (Å²) in [5.41, 5.74) is 2.26. The number of carbonyl (C=O) groups is 2. The Balaban J connectivity index is 1.71. The second kappa shape index (κ2) is 8.16. The van der Waals surface area contributed by atoms with E-state index in [4.69, 9.17) is 16.3 Å². The molecule has 7 nitrogen and oxygen atoms in total. The highest BCUT2D eigenvalue weighted by Crippen LogP contribution is 2.26. The summed E-state index contributed by atoms with van der Waals surface area (Å²) in [5.74, 6) is -0.545. The standard InChI is InChI=1S/C18H19ClN4O3/c1-12(24)21-16-3-2-13(10-15(16)19)22-18(25)17-11-14(4-5-20-17)23-6-8-26-9-7-23/h2-5,10-11H,6-9H2,1H3,(H,21,24)(H,22,25). The first-order chi connectivity index (χ1) is 12.5. The van der Waals surface area contributed by atoms with Gasteiger partial charge in [-0.1, -0.05) is 11.6 Å². The lowest BCUT2D eigenvalue weighted by atomic mass is 10.2. The zero-order valence-electron chi connectivity index (χ0n) is 14.3. The number of morpholine rings is 1. The lowest BCUT2D eigenvalue weighted by Gasteiger charge is -2.28. The summed E-state index contributed by atoms with van der Waals surface area (Å²) >= 11 is 6.13. The SMILES string of the molecule is CC(=O)Nc1ccc(NC(=O)c2cc(N3CCOCC3)ccn2)cc1Cl.